The van der Waals surface area contributed by atoms with Gasteiger partial charge in [0, 0.05) is 19.7 Å². The number of hydrogen-bond acceptors (Lipinski definition) is 7. The summed E-state index contributed by atoms with van der Waals surface area (Å²) in [7, 11) is 3.05. The lowest BCUT2D eigenvalue weighted by atomic mass is 10.1. The minimum absolute atomic E-state index is 0.0458. The first kappa shape index (κ1) is 24.2. The molecule has 0 bridgehead atoms. The number of methoxy groups -OCH3 is 1. The molecule has 0 saturated heterocycles. The molecule has 0 aliphatic rings. The summed E-state index contributed by atoms with van der Waals surface area (Å²) in [5.41, 5.74) is 2.32. The van der Waals surface area contributed by atoms with E-state index >= 15 is 0 Å². The first-order chi connectivity index (χ1) is 16.9. The fourth-order valence-corrected chi connectivity index (χ4v) is 4.50. The van der Waals surface area contributed by atoms with Gasteiger partial charge in [0.25, 0.3) is 5.56 Å². The van der Waals surface area contributed by atoms with E-state index in [9.17, 15) is 14.4 Å². The van der Waals surface area contributed by atoms with Crippen LogP contribution < -0.4 is 10.9 Å². The number of nitrogens with one attached hydrogen (secondary N) is 1. The molecule has 35 heavy (non-hydrogen) atoms. The number of anilines is 1. The number of carbonyl (C=O) groups is 2. The molecule has 2 aromatic carbocycles. The van der Waals surface area contributed by atoms with Crippen molar-refractivity contribution in [3.05, 3.63) is 81.8 Å². The van der Waals surface area contributed by atoms with Gasteiger partial charge in [-0.25, -0.2) is 9.78 Å². The van der Waals surface area contributed by atoms with Crippen LogP contribution in [0.2, 0.25) is 0 Å². The van der Waals surface area contributed by atoms with Crippen LogP contribution in [0.3, 0.4) is 0 Å². The van der Waals surface area contributed by atoms with Crippen LogP contribution in [-0.4, -0.2) is 44.1 Å². The van der Waals surface area contributed by atoms with Crippen molar-refractivity contribution in [3.63, 3.8) is 0 Å². The molecule has 9 nitrogen and oxygen atoms in total. The molecular weight excluding hydrogens is 466 g/mol. The molecule has 4 aromatic rings. The van der Waals surface area contributed by atoms with Crippen molar-refractivity contribution in [2.75, 3.05) is 18.2 Å². The van der Waals surface area contributed by atoms with Crippen LogP contribution in [0.5, 0.6) is 0 Å². The van der Waals surface area contributed by atoms with Gasteiger partial charge in [-0.15, -0.1) is 0 Å². The molecule has 0 aliphatic heterocycles. The molecule has 0 fully saturated rings. The molecule has 2 heterocycles. The van der Waals surface area contributed by atoms with Gasteiger partial charge in [0.05, 0.1) is 35.0 Å². The van der Waals surface area contributed by atoms with Crippen molar-refractivity contribution in [2.45, 2.75) is 25.0 Å². The number of thioether (sulfide) groups is 1. The third-order valence-corrected chi connectivity index (χ3v) is 6.39. The van der Waals surface area contributed by atoms with Gasteiger partial charge < -0.3 is 10.1 Å². The minimum Gasteiger partial charge on any atom is -0.465 e. The summed E-state index contributed by atoms with van der Waals surface area (Å²) in [4.78, 5) is 42.6. The summed E-state index contributed by atoms with van der Waals surface area (Å²) in [6.07, 6.45) is 0.627. The van der Waals surface area contributed by atoms with E-state index in [4.69, 9.17) is 4.74 Å². The normalized spacial score (nSPS) is 10.9. The molecule has 0 spiro atoms. The first-order valence-electron chi connectivity index (χ1n) is 11.0. The Morgan fingerprint density at radius 1 is 1.11 bits per heavy atom. The lowest BCUT2D eigenvalue weighted by molar-refractivity contribution is -0.113. The van der Waals surface area contributed by atoms with Crippen LogP contribution in [0.15, 0.2) is 64.5 Å². The smallest absolute Gasteiger partial charge is 0.337 e. The van der Waals surface area contributed by atoms with Crippen molar-refractivity contribution in [1.82, 2.24) is 19.3 Å². The predicted molar refractivity (Wildman–Crippen MR) is 135 cm³/mol. The third-order valence-electron chi connectivity index (χ3n) is 5.41. The number of carbonyl (C=O) groups excluding carboxylic acids is 2. The van der Waals surface area contributed by atoms with E-state index in [0.717, 1.165) is 11.3 Å². The zero-order valence-electron chi connectivity index (χ0n) is 19.6. The lowest BCUT2D eigenvalue weighted by Crippen LogP contribution is -2.25. The maximum Gasteiger partial charge on any atom is 0.337 e. The Balaban J connectivity index is 1.64. The second kappa shape index (κ2) is 10.6. The fourth-order valence-electron chi connectivity index (χ4n) is 3.68. The van der Waals surface area contributed by atoms with Gasteiger partial charge >= 0.3 is 5.97 Å². The topological polar surface area (TPSA) is 108 Å². The number of rotatable bonds is 8. The Morgan fingerprint density at radius 3 is 2.57 bits per heavy atom. The highest BCUT2D eigenvalue weighted by Crippen LogP contribution is 2.20. The molecular formula is C25H25N5O4S. The van der Waals surface area contributed by atoms with Crippen LogP contribution in [-0.2, 0) is 29.5 Å². The van der Waals surface area contributed by atoms with E-state index in [0.29, 0.717) is 40.4 Å². The Labute approximate surface area is 206 Å². The number of aryl methyl sites for hydroxylation is 3. The number of amides is 1. The summed E-state index contributed by atoms with van der Waals surface area (Å²) in [6, 6.07) is 16.3. The van der Waals surface area contributed by atoms with Crippen molar-refractivity contribution < 1.29 is 14.3 Å². The lowest BCUT2D eigenvalue weighted by Gasteiger charge is -2.14. The number of fused-ring (bicyclic) bond motifs is 1. The highest BCUT2D eigenvalue weighted by Gasteiger charge is 2.16. The first-order valence-corrected chi connectivity index (χ1v) is 11.9. The summed E-state index contributed by atoms with van der Waals surface area (Å²) < 4.78 is 7.96. The molecule has 4 rings (SSSR count). The van der Waals surface area contributed by atoms with Gasteiger partial charge in [-0.05, 0) is 37.1 Å². The molecule has 180 valence electrons. The minimum atomic E-state index is -0.512. The number of aromatic nitrogens is 4. The van der Waals surface area contributed by atoms with Gasteiger partial charge in [-0.2, -0.15) is 5.10 Å². The number of nitrogens with zero attached hydrogens (tertiary/aromatic N) is 4. The number of benzene rings is 2. The van der Waals surface area contributed by atoms with E-state index < -0.39 is 5.97 Å². The van der Waals surface area contributed by atoms with Gasteiger partial charge in [-0.1, -0.05) is 42.1 Å². The van der Waals surface area contributed by atoms with Crippen molar-refractivity contribution >= 4 is 40.4 Å². The summed E-state index contributed by atoms with van der Waals surface area (Å²) in [5.74, 6) is -0.125. The molecule has 2 aromatic heterocycles. The molecule has 10 heteroatoms. The van der Waals surface area contributed by atoms with Crippen molar-refractivity contribution in [1.29, 1.82) is 0 Å². The zero-order chi connectivity index (χ0) is 24.9. The molecule has 0 saturated carbocycles. The third kappa shape index (κ3) is 5.60. The Hall–Kier alpha value is -3.92. The molecule has 0 atom stereocenters. The number of ether oxygens (including phenoxy) is 1. The molecule has 1 amide bonds. The van der Waals surface area contributed by atoms with Crippen LogP contribution in [0.4, 0.5) is 5.82 Å². The summed E-state index contributed by atoms with van der Waals surface area (Å²) >= 11 is 1.17. The maximum absolute atomic E-state index is 13.4. The average molecular weight is 492 g/mol. The van der Waals surface area contributed by atoms with E-state index in [1.165, 1.54) is 24.9 Å². The molecule has 0 aliphatic carbocycles. The van der Waals surface area contributed by atoms with Crippen LogP contribution >= 0.6 is 11.8 Å². The van der Waals surface area contributed by atoms with Crippen LogP contribution in [0, 0.1) is 6.92 Å². The summed E-state index contributed by atoms with van der Waals surface area (Å²) in [6.45, 7) is 2.24. The second-order valence-corrected chi connectivity index (χ2v) is 8.88. The van der Waals surface area contributed by atoms with Crippen LogP contribution in [0.25, 0.3) is 10.9 Å². The van der Waals surface area contributed by atoms with Crippen LogP contribution in [0.1, 0.15) is 21.6 Å². The van der Waals surface area contributed by atoms with E-state index in [1.54, 1.807) is 34.5 Å². The molecule has 0 unspecified atom stereocenters. The Bertz CT molecular complexity index is 1450. The molecule has 1 N–H and O–H groups in total. The van der Waals surface area contributed by atoms with Crippen molar-refractivity contribution in [3.8, 4) is 0 Å². The fraction of sp³-hybridized carbons (Fsp3) is 0.240. The van der Waals surface area contributed by atoms with E-state index in [1.807, 2.05) is 37.3 Å². The Kier molecular flexibility index (Phi) is 7.31. The van der Waals surface area contributed by atoms with Crippen molar-refractivity contribution in [2.24, 2.45) is 7.05 Å². The standard InChI is InChI=1S/C25H25N5O4S/c1-16-13-21(29(2)28-16)27-22(31)15-35-25-26-20-14-18(24(33)34-3)9-10-19(20)23(32)30(25)12-11-17-7-5-4-6-8-17/h4-10,13-14H,11-12,15H2,1-3H3,(H,27,31). The highest BCUT2D eigenvalue weighted by molar-refractivity contribution is 7.99. The Morgan fingerprint density at radius 2 is 1.89 bits per heavy atom. The predicted octanol–water partition coefficient (Wildman–Crippen LogP) is 3.20. The molecule has 0 radical (unpaired) electrons. The largest absolute Gasteiger partial charge is 0.465 e. The van der Waals surface area contributed by atoms with Gasteiger partial charge in [-0.3, -0.25) is 18.8 Å². The summed E-state index contributed by atoms with van der Waals surface area (Å²) in [5, 5.41) is 7.84. The monoisotopic (exact) mass is 491 g/mol. The average Bonchev–Trinajstić information content (AvgIpc) is 3.18. The van der Waals surface area contributed by atoms with E-state index in [2.05, 4.69) is 15.4 Å². The second-order valence-electron chi connectivity index (χ2n) is 7.94. The number of hydrogen-bond donors (Lipinski definition) is 1. The van der Waals surface area contributed by atoms with Gasteiger partial charge in [0.1, 0.15) is 5.82 Å². The SMILES string of the molecule is COC(=O)c1ccc2c(=O)n(CCc3ccccc3)c(SCC(=O)Nc3cc(C)nn3C)nc2c1. The quantitative estimate of drug-likeness (QED) is 0.229. The zero-order valence-corrected chi connectivity index (χ0v) is 20.5. The van der Waals surface area contributed by atoms with Gasteiger partial charge in [0.15, 0.2) is 5.16 Å². The highest BCUT2D eigenvalue weighted by atomic mass is 32.2. The van der Waals surface area contributed by atoms with E-state index in [-0.39, 0.29) is 17.2 Å². The maximum atomic E-state index is 13.4. The van der Waals surface area contributed by atoms with Gasteiger partial charge in [0.2, 0.25) is 5.91 Å². The number of esters is 1.